The zero-order chi connectivity index (χ0) is 29.0. The topological polar surface area (TPSA) is 49.7 Å². The van der Waals surface area contributed by atoms with Gasteiger partial charge in [-0.25, -0.2) is 0 Å². The second-order valence-electron chi connectivity index (χ2n) is 5.81. The summed E-state index contributed by atoms with van der Waals surface area (Å²) < 4.78 is 257. The van der Waals surface area contributed by atoms with Crippen molar-refractivity contribution < 1.29 is 103 Å². The van der Waals surface area contributed by atoms with Crippen LogP contribution in [0.25, 0.3) is 0 Å². The predicted octanol–water partition coefficient (Wildman–Crippen LogP) is 6.20. The number of hydrogen-bond acceptors (Lipinski definition) is 3. The smallest absolute Gasteiger partial charge is 0.400 e. The summed E-state index contributed by atoms with van der Waals surface area (Å²) in [6.07, 6.45) is -14.3. The van der Waals surface area contributed by atoms with Gasteiger partial charge in [-0.1, -0.05) is 0 Å². The molecule has 35 heavy (non-hydrogen) atoms. The highest BCUT2D eigenvalue weighted by Crippen LogP contribution is 2.56. The minimum atomic E-state index is -7.92. The van der Waals surface area contributed by atoms with E-state index in [1.807, 2.05) is 4.74 Å². The van der Waals surface area contributed by atoms with Gasteiger partial charge in [-0.3, -0.25) is 0 Å². The molecule has 23 heteroatoms. The Morgan fingerprint density at radius 2 is 0.600 bits per heavy atom. The van der Waals surface area contributed by atoms with Crippen molar-refractivity contribution in [3.8, 4) is 0 Å². The highest BCUT2D eigenvalue weighted by atomic mass is 19.4. The van der Waals surface area contributed by atoms with E-state index in [0.29, 0.717) is 0 Å². The van der Waals surface area contributed by atoms with Gasteiger partial charge in [-0.05, 0) is 0 Å². The molecule has 0 aliphatic carbocycles. The maximum Gasteiger partial charge on any atom is 0.423 e. The minimum absolute atomic E-state index is 1.99. The molecule has 0 spiro atoms. The Morgan fingerprint density at radius 3 is 0.771 bits per heavy atom. The monoisotopic (exact) mass is 574 g/mol. The lowest BCUT2D eigenvalue weighted by Crippen LogP contribution is -2.62. The molecule has 0 aromatic carbocycles. The van der Waals surface area contributed by atoms with Crippen molar-refractivity contribution in [3.05, 3.63) is 23.7 Å². The van der Waals surface area contributed by atoms with Gasteiger partial charge in [0.05, 0.1) is 0 Å². The number of rotatable bonds is 10. The summed E-state index contributed by atoms with van der Waals surface area (Å²) in [4.78, 5) is 0. The van der Waals surface area contributed by atoms with Crippen molar-refractivity contribution in [3.63, 3.8) is 0 Å². The number of allylic oxidation sites excluding steroid dienone is 2. The van der Waals surface area contributed by atoms with Gasteiger partial charge in [0, 0.05) is 0 Å². The molecule has 0 atom stereocenters. The molecule has 0 saturated carbocycles. The van der Waals surface area contributed by atoms with Crippen molar-refractivity contribution in [1.82, 2.24) is 0 Å². The van der Waals surface area contributed by atoms with Gasteiger partial charge < -0.3 is 14.9 Å². The third-order valence-electron chi connectivity index (χ3n) is 3.41. The van der Waals surface area contributed by atoms with Gasteiger partial charge >= 0.3 is 59.8 Å². The number of aliphatic hydroxyl groups is 2. The van der Waals surface area contributed by atoms with Gasteiger partial charge in [0.25, 0.3) is 0 Å². The molecule has 0 heterocycles. The Hall–Kier alpha value is -2.20. The van der Waals surface area contributed by atoms with Crippen LogP contribution in [0.1, 0.15) is 0 Å². The molecule has 0 aliphatic rings. The van der Waals surface area contributed by atoms with E-state index in [0.717, 1.165) is 0 Å². The summed E-state index contributed by atoms with van der Waals surface area (Å²) in [7, 11) is 0. The molecule has 0 rings (SSSR count). The molecule has 2 N–H and O–H groups in total. The van der Waals surface area contributed by atoms with Crippen LogP contribution in [0.15, 0.2) is 23.7 Å². The maximum atomic E-state index is 13.1. The Morgan fingerprint density at radius 1 is 0.400 bits per heavy atom. The van der Waals surface area contributed by atoms with Gasteiger partial charge in [-0.2, -0.15) is 87.8 Å². The van der Waals surface area contributed by atoms with Crippen LogP contribution in [0, 0.1) is 0 Å². The first-order valence-corrected chi connectivity index (χ1v) is 7.14. The lowest BCUT2D eigenvalue weighted by molar-refractivity contribution is -0.413. The molecular weight excluding hydrogens is 572 g/mol. The molecule has 0 radical (unpaired) electrons. The minimum Gasteiger partial charge on any atom is -0.400 e. The Labute approximate surface area is 175 Å². The van der Waals surface area contributed by atoms with Crippen LogP contribution in [-0.2, 0) is 4.74 Å². The third kappa shape index (κ3) is 4.91. The Balaban J connectivity index is 6.56. The van der Waals surface area contributed by atoms with E-state index >= 15 is 0 Å². The summed E-state index contributed by atoms with van der Waals surface area (Å²) in [5, 5.41) is 15.0. The molecule has 0 aromatic heterocycles. The summed E-state index contributed by atoms with van der Waals surface area (Å²) in [5.41, 5.74) is 0. The second-order valence-corrected chi connectivity index (χ2v) is 5.81. The fourth-order valence-electron chi connectivity index (χ4n) is 1.46. The maximum absolute atomic E-state index is 13.1. The van der Waals surface area contributed by atoms with Crippen LogP contribution < -0.4 is 0 Å². The fourth-order valence-corrected chi connectivity index (χ4v) is 1.46. The predicted molar refractivity (Wildman–Crippen MR) is 63.6 cm³/mol. The summed E-state index contributed by atoms with van der Waals surface area (Å²) in [6.45, 7) is 0. The summed E-state index contributed by atoms with van der Waals surface area (Å²) >= 11 is 0. The van der Waals surface area contributed by atoms with E-state index in [2.05, 4.69) is 0 Å². The van der Waals surface area contributed by atoms with Crippen LogP contribution in [0.2, 0.25) is 0 Å². The van der Waals surface area contributed by atoms with Gasteiger partial charge in [0.2, 0.25) is 11.7 Å². The molecule has 0 aliphatic heterocycles. The molecular formula is C12H2F20O3. The van der Waals surface area contributed by atoms with E-state index in [1.165, 1.54) is 0 Å². The highest BCUT2D eigenvalue weighted by molar-refractivity contribution is 5.19. The zero-order valence-electron chi connectivity index (χ0n) is 14.9. The lowest BCUT2D eigenvalue weighted by atomic mass is 10.0. The average molecular weight is 574 g/mol. The zero-order valence-corrected chi connectivity index (χ0v) is 14.9. The van der Waals surface area contributed by atoms with Crippen molar-refractivity contribution in [2.45, 2.75) is 47.8 Å². The Bertz CT molecular complexity index is 790. The molecule has 0 fully saturated rings. The molecule has 3 nitrogen and oxygen atoms in total. The first-order chi connectivity index (χ1) is 14.9. The standard InChI is InChI=1S/C12H2F20O3/c13-1(5(17,18)7(21,22)9(25,26)11(29,30)33)3(15)35-4(16)2(14)6(19,20)8(23,24)10(27,28)12(31,32)34/h33-34H. The van der Waals surface area contributed by atoms with Crippen LogP contribution in [0.4, 0.5) is 87.8 Å². The molecule has 208 valence electrons. The molecule has 0 saturated heterocycles. The average Bonchev–Trinajstić information content (AvgIpc) is 2.63. The summed E-state index contributed by atoms with van der Waals surface area (Å²) in [6, 6.07) is -9.20. The third-order valence-corrected chi connectivity index (χ3v) is 3.41. The van der Waals surface area contributed by atoms with E-state index in [1.54, 1.807) is 0 Å². The van der Waals surface area contributed by atoms with Gasteiger partial charge in [-0.15, -0.1) is 0 Å². The number of alkyl halides is 16. The van der Waals surface area contributed by atoms with Crippen LogP contribution >= 0.6 is 0 Å². The first-order valence-electron chi connectivity index (χ1n) is 7.14. The van der Waals surface area contributed by atoms with E-state index in [-0.39, 0.29) is 0 Å². The van der Waals surface area contributed by atoms with Crippen molar-refractivity contribution >= 4 is 0 Å². The number of hydrogen-bond donors (Lipinski definition) is 2. The fraction of sp³-hybridized carbons (Fsp3) is 0.667. The van der Waals surface area contributed by atoms with Crippen LogP contribution in [0.5, 0.6) is 0 Å². The quantitative estimate of drug-likeness (QED) is 0.242. The number of halogens is 20. The molecule has 0 aromatic rings. The normalized spacial score (nSPS) is 17.2. The lowest BCUT2D eigenvalue weighted by Gasteiger charge is -2.33. The van der Waals surface area contributed by atoms with Gasteiger partial charge in [0.15, 0.2) is 0 Å². The van der Waals surface area contributed by atoms with E-state index in [9.17, 15) is 87.8 Å². The Kier molecular flexibility index (Phi) is 8.18. The second kappa shape index (κ2) is 8.73. The van der Waals surface area contributed by atoms with Crippen molar-refractivity contribution in [1.29, 1.82) is 0 Å². The SMILES string of the molecule is OC(F)(F)C(F)(F)C(F)(F)C(F)(F)C(F)=C(F)OC(F)=C(F)C(F)(F)C(F)(F)C(F)(F)C(O)(F)F. The molecule has 0 unspecified atom stereocenters. The largest absolute Gasteiger partial charge is 0.423 e. The van der Waals surface area contributed by atoms with E-state index < -0.39 is 71.4 Å². The summed E-state index contributed by atoms with van der Waals surface area (Å²) in [5.74, 6) is -56.6. The van der Waals surface area contributed by atoms with Crippen LogP contribution in [0.3, 0.4) is 0 Å². The molecule has 0 bridgehead atoms. The van der Waals surface area contributed by atoms with Crippen molar-refractivity contribution in [2.24, 2.45) is 0 Å². The van der Waals surface area contributed by atoms with Crippen LogP contribution in [-0.4, -0.2) is 58.0 Å². The van der Waals surface area contributed by atoms with Crippen molar-refractivity contribution in [2.75, 3.05) is 0 Å². The van der Waals surface area contributed by atoms with Gasteiger partial charge in [0.1, 0.15) is 0 Å². The highest BCUT2D eigenvalue weighted by Gasteiger charge is 2.84. The first kappa shape index (κ1) is 32.8. The molecule has 0 amide bonds. The number of ether oxygens (including phenoxy) is 1. The van der Waals surface area contributed by atoms with E-state index in [4.69, 9.17) is 10.2 Å².